The van der Waals surface area contributed by atoms with Gasteiger partial charge in [0.2, 0.25) is 0 Å². The summed E-state index contributed by atoms with van der Waals surface area (Å²) >= 11 is 0. The van der Waals surface area contributed by atoms with Crippen LogP contribution in [0.1, 0.15) is 21.6 Å². The molecule has 2 fully saturated rings. The summed E-state index contributed by atoms with van der Waals surface area (Å²) in [7, 11) is 0.361. The van der Waals surface area contributed by atoms with E-state index >= 15 is 0 Å². The van der Waals surface area contributed by atoms with Crippen LogP contribution in [0.5, 0.6) is 0 Å². The van der Waals surface area contributed by atoms with Gasteiger partial charge in [0.15, 0.2) is 9.84 Å². The van der Waals surface area contributed by atoms with Crippen molar-refractivity contribution in [3.05, 3.63) is 33.2 Å². The molecule has 0 N–H and O–H groups in total. The number of rotatable bonds is 1. The molecule has 1 aromatic heterocycles. The van der Waals surface area contributed by atoms with E-state index in [2.05, 4.69) is 0 Å². The Morgan fingerprint density at radius 1 is 1.12 bits per heavy atom. The Labute approximate surface area is 141 Å². The van der Waals surface area contributed by atoms with Crippen molar-refractivity contribution in [1.82, 2.24) is 14.4 Å². The number of fused-ring (bicyclic) bond motifs is 1. The van der Waals surface area contributed by atoms with E-state index in [9.17, 15) is 18.0 Å². The van der Waals surface area contributed by atoms with E-state index < -0.39 is 9.84 Å². The molecule has 8 heteroatoms. The van der Waals surface area contributed by atoms with Gasteiger partial charge in [-0.2, -0.15) is 0 Å². The zero-order valence-corrected chi connectivity index (χ0v) is 15.3. The molecule has 0 spiro atoms. The predicted octanol–water partition coefficient (Wildman–Crippen LogP) is -0.445. The molecule has 3 heterocycles. The number of amides is 1. The van der Waals surface area contributed by atoms with Crippen molar-refractivity contribution < 1.29 is 13.2 Å². The number of carbonyl (C=O) groups is 1. The summed E-state index contributed by atoms with van der Waals surface area (Å²) in [5.74, 6) is -0.310. The number of nitrogens with zero attached hydrogens (tertiary/aromatic N) is 3. The average molecular weight is 353 g/mol. The van der Waals surface area contributed by atoms with Crippen molar-refractivity contribution in [3.8, 4) is 0 Å². The van der Waals surface area contributed by atoms with Gasteiger partial charge in [0, 0.05) is 31.9 Å². The molecule has 2 aliphatic rings. The number of pyridine rings is 1. The number of carbonyl (C=O) groups excluding carboxylic acids is 1. The maximum Gasteiger partial charge on any atom is 0.263 e. The normalized spacial score (nSPS) is 26.4. The summed E-state index contributed by atoms with van der Waals surface area (Å²) < 4.78 is 25.6. The predicted molar refractivity (Wildman–Crippen MR) is 91.1 cm³/mol. The van der Waals surface area contributed by atoms with Crippen LogP contribution in [0.3, 0.4) is 0 Å². The molecule has 2 aliphatic heterocycles. The first-order valence-electron chi connectivity index (χ1n) is 8.01. The minimum atomic E-state index is -3.16. The number of aryl methyl sites for hydroxylation is 2. The lowest BCUT2D eigenvalue weighted by molar-refractivity contribution is 0.0407. The average Bonchev–Trinajstić information content (AvgIpc) is 2.81. The molecular formula is C16H23N3O4S. The molecular weight excluding hydrogens is 330 g/mol. The third kappa shape index (κ3) is 2.67. The van der Waals surface area contributed by atoms with Crippen LogP contribution in [0, 0.1) is 13.8 Å². The van der Waals surface area contributed by atoms with Crippen LogP contribution < -0.4 is 5.56 Å². The van der Waals surface area contributed by atoms with Crippen LogP contribution in [0.25, 0.3) is 0 Å². The SMILES string of the molecule is Cc1cc(C)n(C)c(=O)c1C(=O)N1CCN(C)[C@@H]2CS(=O)(=O)C[C@@H]21. The second kappa shape index (κ2) is 5.70. The largest absolute Gasteiger partial charge is 0.332 e. The van der Waals surface area contributed by atoms with Crippen LogP contribution >= 0.6 is 0 Å². The lowest BCUT2D eigenvalue weighted by atomic mass is 10.0. The van der Waals surface area contributed by atoms with Gasteiger partial charge in [-0.3, -0.25) is 14.5 Å². The lowest BCUT2D eigenvalue weighted by Gasteiger charge is -2.42. The first-order chi connectivity index (χ1) is 11.1. The molecule has 0 saturated carbocycles. The fourth-order valence-corrected chi connectivity index (χ4v) is 5.82. The van der Waals surface area contributed by atoms with E-state index in [0.717, 1.165) is 5.69 Å². The molecule has 2 saturated heterocycles. The molecule has 0 radical (unpaired) electrons. The lowest BCUT2D eigenvalue weighted by Crippen LogP contribution is -2.60. The van der Waals surface area contributed by atoms with Crippen LogP contribution in [0.4, 0.5) is 0 Å². The van der Waals surface area contributed by atoms with Crippen molar-refractivity contribution in [3.63, 3.8) is 0 Å². The summed E-state index contributed by atoms with van der Waals surface area (Å²) in [6.07, 6.45) is 0. The first-order valence-corrected chi connectivity index (χ1v) is 9.83. The minimum absolute atomic E-state index is 0.0288. The summed E-state index contributed by atoms with van der Waals surface area (Å²) in [4.78, 5) is 29.2. The molecule has 0 unspecified atom stereocenters. The van der Waals surface area contributed by atoms with Gasteiger partial charge in [-0.15, -0.1) is 0 Å². The van der Waals surface area contributed by atoms with E-state index in [4.69, 9.17) is 0 Å². The third-order valence-electron chi connectivity index (χ3n) is 5.30. The Balaban J connectivity index is 2.02. The van der Waals surface area contributed by atoms with Gasteiger partial charge in [-0.25, -0.2) is 8.42 Å². The van der Waals surface area contributed by atoms with Gasteiger partial charge in [-0.05, 0) is 32.5 Å². The van der Waals surface area contributed by atoms with E-state index in [0.29, 0.717) is 18.7 Å². The molecule has 0 aliphatic carbocycles. The van der Waals surface area contributed by atoms with Gasteiger partial charge >= 0.3 is 0 Å². The van der Waals surface area contributed by atoms with Crippen molar-refractivity contribution >= 4 is 15.7 Å². The van der Waals surface area contributed by atoms with Crippen LogP contribution in [-0.4, -0.2) is 72.4 Å². The standard InChI is InChI=1S/C16H23N3O4S/c1-10-7-11(2)18(4)15(20)14(10)16(21)19-6-5-17(3)12-8-24(22,23)9-13(12)19/h7,12-13H,5-6,8-9H2,1-4H3/t12-,13+/m1/s1. The Morgan fingerprint density at radius 2 is 1.75 bits per heavy atom. The van der Waals surface area contributed by atoms with Crippen molar-refractivity contribution in [2.24, 2.45) is 7.05 Å². The van der Waals surface area contributed by atoms with E-state index in [1.54, 1.807) is 18.9 Å². The second-order valence-corrected chi connectivity index (χ2v) is 9.05. The maximum absolute atomic E-state index is 13.1. The number of piperazine rings is 1. The summed E-state index contributed by atoms with van der Waals surface area (Å²) in [5.41, 5.74) is 1.25. The monoisotopic (exact) mass is 353 g/mol. The van der Waals surface area contributed by atoms with Gasteiger partial charge in [-0.1, -0.05) is 0 Å². The third-order valence-corrected chi connectivity index (χ3v) is 6.99. The van der Waals surface area contributed by atoms with E-state index in [-0.39, 0.29) is 40.6 Å². The molecule has 7 nitrogen and oxygen atoms in total. The highest BCUT2D eigenvalue weighted by atomic mass is 32.2. The van der Waals surface area contributed by atoms with Crippen molar-refractivity contribution in [2.45, 2.75) is 25.9 Å². The number of hydrogen-bond acceptors (Lipinski definition) is 5. The van der Waals surface area contributed by atoms with Crippen molar-refractivity contribution in [2.75, 3.05) is 31.6 Å². The highest BCUT2D eigenvalue weighted by molar-refractivity contribution is 7.91. The molecule has 0 aromatic carbocycles. The minimum Gasteiger partial charge on any atom is -0.332 e. The maximum atomic E-state index is 13.1. The van der Waals surface area contributed by atoms with Crippen LogP contribution in [0.2, 0.25) is 0 Å². The fraction of sp³-hybridized carbons (Fsp3) is 0.625. The van der Waals surface area contributed by atoms with Crippen molar-refractivity contribution in [1.29, 1.82) is 0 Å². The number of aromatic nitrogens is 1. The molecule has 132 valence electrons. The quantitative estimate of drug-likeness (QED) is 0.684. The Kier molecular flexibility index (Phi) is 4.08. The molecule has 1 aromatic rings. The molecule has 24 heavy (non-hydrogen) atoms. The Morgan fingerprint density at radius 3 is 2.42 bits per heavy atom. The second-order valence-electron chi connectivity index (χ2n) is 6.90. The zero-order valence-electron chi connectivity index (χ0n) is 14.4. The van der Waals surface area contributed by atoms with Crippen LogP contribution in [-0.2, 0) is 16.9 Å². The number of sulfone groups is 1. The Bertz CT molecular complexity index is 859. The van der Waals surface area contributed by atoms with E-state index in [1.165, 1.54) is 4.57 Å². The zero-order chi connectivity index (χ0) is 17.8. The molecule has 0 bridgehead atoms. The topological polar surface area (TPSA) is 79.7 Å². The highest BCUT2D eigenvalue weighted by Gasteiger charge is 2.47. The van der Waals surface area contributed by atoms with Crippen LogP contribution in [0.15, 0.2) is 10.9 Å². The fourth-order valence-electron chi connectivity index (χ4n) is 3.76. The molecule has 2 atom stereocenters. The highest BCUT2D eigenvalue weighted by Crippen LogP contribution is 2.27. The summed E-state index contributed by atoms with van der Waals surface area (Å²) in [6.45, 7) is 4.61. The van der Waals surface area contributed by atoms with E-state index in [1.807, 2.05) is 24.9 Å². The van der Waals surface area contributed by atoms with Gasteiger partial charge in [0.05, 0.1) is 17.5 Å². The Hall–Kier alpha value is -1.67. The molecule has 3 rings (SSSR count). The smallest absolute Gasteiger partial charge is 0.263 e. The summed E-state index contributed by atoms with van der Waals surface area (Å²) in [6, 6.07) is 1.24. The molecule has 1 amide bonds. The van der Waals surface area contributed by atoms with Gasteiger partial charge in [0.1, 0.15) is 5.56 Å². The van der Waals surface area contributed by atoms with Gasteiger partial charge < -0.3 is 9.47 Å². The van der Waals surface area contributed by atoms with Gasteiger partial charge in [0.25, 0.3) is 11.5 Å². The number of likely N-dealkylation sites (N-methyl/N-ethyl adjacent to an activating group) is 1. The first kappa shape index (κ1) is 17.2. The summed E-state index contributed by atoms with van der Waals surface area (Å²) in [5, 5.41) is 0. The number of hydrogen-bond donors (Lipinski definition) is 0.